The summed E-state index contributed by atoms with van der Waals surface area (Å²) in [5.74, 6) is 2.62. The highest BCUT2D eigenvalue weighted by molar-refractivity contribution is 8.01. The van der Waals surface area contributed by atoms with Gasteiger partial charge >= 0.3 is 5.97 Å². The van der Waals surface area contributed by atoms with Crippen LogP contribution in [0.3, 0.4) is 0 Å². The van der Waals surface area contributed by atoms with Crippen LogP contribution in [0.5, 0.6) is 5.75 Å². The third kappa shape index (κ3) is 7.57. The molecule has 3 aromatic rings. The molecule has 1 atom stereocenters. The van der Waals surface area contributed by atoms with Crippen molar-refractivity contribution in [1.82, 2.24) is 4.98 Å². The van der Waals surface area contributed by atoms with Gasteiger partial charge in [0.15, 0.2) is 4.34 Å². The highest BCUT2D eigenvalue weighted by atomic mass is 32.2. The van der Waals surface area contributed by atoms with Crippen LogP contribution in [0, 0.1) is 0 Å². The third-order valence-corrected chi connectivity index (χ3v) is 7.35. The Kier molecular flexibility index (Phi) is 9.18. The molecule has 0 fully saturated rings. The van der Waals surface area contributed by atoms with Crippen LogP contribution in [0.4, 0.5) is 0 Å². The Bertz CT molecular complexity index is 852. The number of benzene rings is 2. The van der Waals surface area contributed by atoms with E-state index in [0.717, 1.165) is 38.2 Å². The van der Waals surface area contributed by atoms with Crippen LogP contribution in [-0.4, -0.2) is 40.9 Å². The Balaban J connectivity index is 1.49. The number of hydrogen-bond donors (Lipinski definition) is 0. The van der Waals surface area contributed by atoms with Crippen molar-refractivity contribution in [2.75, 3.05) is 23.9 Å². The molecular weight excluding hydrogens is 422 g/mol. The molecular formula is C22H25NO3S3. The molecule has 0 radical (unpaired) electrons. The van der Waals surface area contributed by atoms with E-state index in [-0.39, 0.29) is 17.8 Å². The minimum absolute atomic E-state index is 0.230. The summed E-state index contributed by atoms with van der Waals surface area (Å²) in [6.07, 6.45) is 2.07. The van der Waals surface area contributed by atoms with Gasteiger partial charge in [-0.2, -0.15) is 11.8 Å². The second-order valence-corrected chi connectivity index (χ2v) is 9.80. The van der Waals surface area contributed by atoms with Gasteiger partial charge in [0.2, 0.25) is 0 Å². The van der Waals surface area contributed by atoms with E-state index in [1.807, 2.05) is 54.6 Å². The number of fused-ring (bicyclic) bond motifs is 1. The molecule has 1 aromatic heterocycles. The predicted octanol–water partition coefficient (Wildman–Crippen LogP) is 5.91. The number of esters is 1. The maximum absolute atomic E-state index is 12.4. The average molecular weight is 448 g/mol. The van der Waals surface area contributed by atoms with E-state index in [9.17, 15) is 4.79 Å². The fraction of sp³-hybridized carbons (Fsp3) is 0.364. The van der Waals surface area contributed by atoms with Gasteiger partial charge < -0.3 is 9.47 Å². The molecule has 2 aromatic carbocycles. The molecule has 0 N–H and O–H groups in total. The molecule has 0 bridgehead atoms. The molecule has 1 unspecified atom stereocenters. The van der Waals surface area contributed by atoms with Gasteiger partial charge in [-0.05, 0) is 36.4 Å². The molecule has 0 aliphatic heterocycles. The van der Waals surface area contributed by atoms with Gasteiger partial charge in [-0.15, -0.1) is 11.3 Å². The number of carbonyl (C=O) groups is 1. The van der Waals surface area contributed by atoms with Gasteiger partial charge in [0, 0.05) is 5.75 Å². The lowest BCUT2D eigenvalue weighted by Crippen LogP contribution is -2.28. The first-order valence-corrected chi connectivity index (χ1v) is 12.6. The Morgan fingerprint density at radius 3 is 2.72 bits per heavy atom. The summed E-state index contributed by atoms with van der Waals surface area (Å²) < 4.78 is 13.6. The summed E-state index contributed by atoms with van der Waals surface area (Å²) >= 11 is 4.83. The van der Waals surface area contributed by atoms with E-state index >= 15 is 0 Å². The zero-order valence-electron chi connectivity index (χ0n) is 16.4. The van der Waals surface area contributed by atoms with E-state index in [2.05, 4.69) is 11.9 Å². The van der Waals surface area contributed by atoms with Crippen LogP contribution in [-0.2, 0) is 9.53 Å². The molecule has 7 heteroatoms. The van der Waals surface area contributed by atoms with E-state index in [0.29, 0.717) is 6.61 Å². The van der Waals surface area contributed by atoms with Crippen LogP contribution in [0.2, 0.25) is 0 Å². The van der Waals surface area contributed by atoms with Crippen LogP contribution < -0.4 is 4.74 Å². The highest BCUT2D eigenvalue weighted by Crippen LogP contribution is 2.29. The molecule has 3 rings (SSSR count). The maximum Gasteiger partial charge on any atom is 0.316 e. The second-order valence-electron chi connectivity index (χ2n) is 6.40. The van der Waals surface area contributed by atoms with Crippen molar-refractivity contribution in [3.05, 3.63) is 54.6 Å². The molecule has 0 saturated heterocycles. The maximum atomic E-state index is 12.4. The van der Waals surface area contributed by atoms with E-state index in [1.54, 1.807) is 23.1 Å². The van der Waals surface area contributed by atoms with Crippen LogP contribution in [0.25, 0.3) is 10.2 Å². The van der Waals surface area contributed by atoms with Crippen molar-refractivity contribution in [3.63, 3.8) is 0 Å². The van der Waals surface area contributed by atoms with Gasteiger partial charge in [-0.25, -0.2) is 4.98 Å². The average Bonchev–Trinajstić information content (AvgIpc) is 3.17. The first-order chi connectivity index (χ1) is 14.2. The van der Waals surface area contributed by atoms with Gasteiger partial charge in [0.05, 0.1) is 16.0 Å². The highest BCUT2D eigenvalue weighted by Gasteiger charge is 2.17. The molecule has 154 valence electrons. The Hall–Kier alpha value is -1.70. The normalized spacial score (nSPS) is 12.0. The minimum Gasteiger partial charge on any atom is -0.490 e. The summed E-state index contributed by atoms with van der Waals surface area (Å²) in [4.78, 5) is 17.0. The van der Waals surface area contributed by atoms with Gasteiger partial charge in [-0.3, -0.25) is 4.79 Å². The summed E-state index contributed by atoms with van der Waals surface area (Å²) in [5, 5.41) is 0. The smallest absolute Gasteiger partial charge is 0.316 e. The van der Waals surface area contributed by atoms with E-state index in [1.165, 1.54) is 18.2 Å². The number of para-hydroxylation sites is 2. The fourth-order valence-electron chi connectivity index (χ4n) is 2.54. The molecule has 0 aliphatic rings. The number of thiazole rings is 1. The zero-order chi connectivity index (χ0) is 20.3. The zero-order valence-corrected chi connectivity index (χ0v) is 18.9. The first-order valence-electron chi connectivity index (χ1n) is 9.68. The van der Waals surface area contributed by atoms with Crippen LogP contribution >= 0.6 is 34.9 Å². The molecule has 0 amide bonds. The predicted molar refractivity (Wildman–Crippen MR) is 124 cm³/mol. The second kappa shape index (κ2) is 12.1. The van der Waals surface area contributed by atoms with Crippen molar-refractivity contribution in [1.29, 1.82) is 0 Å². The van der Waals surface area contributed by atoms with Crippen molar-refractivity contribution in [2.45, 2.75) is 30.2 Å². The SMILES string of the molecule is CCCCSCC(COc1ccccc1)OC(=O)CSc1nc2ccccc2s1. The minimum atomic E-state index is -0.263. The summed E-state index contributed by atoms with van der Waals surface area (Å²) in [5.41, 5.74) is 0.967. The number of unbranched alkanes of at least 4 members (excludes halogenated alkanes) is 1. The van der Waals surface area contributed by atoms with Crippen molar-refractivity contribution in [2.24, 2.45) is 0 Å². The molecule has 0 spiro atoms. The Morgan fingerprint density at radius 2 is 1.93 bits per heavy atom. The molecule has 4 nitrogen and oxygen atoms in total. The number of aromatic nitrogens is 1. The quantitative estimate of drug-likeness (QED) is 0.195. The summed E-state index contributed by atoms with van der Waals surface area (Å²) in [6, 6.07) is 17.6. The van der Waals surface area contributed by atoms with Gasteiger partial charge in [0.1, 0.15) is 18.5 Å². The number of rotatable bonds is 12. The molecule has 0 aliphatic carbocycles. The van der Waals surface area contributed by atoms with E-state index in [4.69, 9.17) is 9.47 Å². The van der Waals surface area contributed by atoms with Crippen molar-refractivity contribution in [3.8, 4) is 5.75 Å². The first kappa shape index (κ1) is 22.0. The molecule has 1 heterocycles. The fourth-order valence-corrected chi connectivity index (χ4v) is 5.47. The monoisotopic (exact) mass is 447 g/mol. The summed E-state index contributed by atoms with van der Waals surface area (Å²) in [6.45, 7) is 2.54. The topological polar surface area (TPSA) is 48.4 Å². The molecule has 0 saturated carbocycles. The van der Waals surface area contributed by atoms with Crippen LogP contribution in [0.1, 0.15) is 19.8 Å². The summed E-state index contributed by atoms with van der Waals surface area (Å²) in [7, 11) is 0. The lowest BCUT2D eigenvalue weighted by Gasteiger charge is -2.18. The number of carbonyl (C=O) groups excluding carboxylic acids is 1. The number of nitrogens with zero attached hydrogens (tertiary/aromatic N) is 1. The van der Waals surface area contributed by atoms with Gasteiger partial charge in [-0.1, -0.05) is 55.4 Å². The largest absolute Gasteiger partial charge is 0.490 e. The van der Waals surface area contributed by atoms with Crippen molar-refractivity contribution < 1.29 is 14.3 Å². The lowest BCUT2D eigenvalue weighted by molar-refractivity contribution is -0.145. The van der Waals surface area contributed by atoms with Crippen molar-refractivity contribution >= 4 is 51.0 Å². The lowest BCUT2D eigenvalue weighted by atomic mass is 10.3. The third-order valence-electron chi connectivity index (χ3n) is 4.01. The number of ether oxygens (including phenoxy) is 2. The van der Waals surface area contributed by atoms with Gasteiger partial charge in [0.25, 0.3) is 0 Å². The standard InChI is InChI=1S/C22H25NO3S3/c1-2-3-13-27-15-18(14-25-17-9-5-4-6-10-17)26-21(24)16-28-22-23-19-11-7-8-12-20(19)29-22/h4-12,18H,2-3,13-16H2,1H3. The Labute approximate surface area is 184 Å². The number of thioether (sulfide) groups is 2. The van der Waals surface area contributed by atoms with E-state index < -0.39 is 0 Å². The molecule has 29 heavy (non-hydrogen) atoms. The Morgan fingerprint density at radius 1 is 1.14 bits per heavy atom. The van der Waals surface area contributed by atoms with Crippen LogP contribution in [0.15, 0.2) is 58.9 Å². The number of hydrogen-bond acceptors (Lipinski definition) is 7.